The average molecular weight is 1310 g/mol. The van der Waals surface area contributed by atoms with Crippen LogP contribution in [0.15, 0.2) is 322 Å². The molecule has 0 aliphatic heterocycles. The summed E-state index contributed by atoms with van der Waals surface area (Å²) in [6.07, 6.45) is 16.7. The Hall–Kier alpha value is -11.1. The molecule has 102 heavy (non-hydrogen) atoms. The first-order chi connectivity index (χ1) is 50.3. The van der Waals surface area contributed by atoms with Crippen LogP contribution in [0.25, 0.3) is 145 Å². The highest BCUT2D eigenvalue weighted by atomic mass is 14.7. The molecular formula is C99H83N3. The lowest BCUT2D eigenvalue weighted by Gasteiger charge is -2.46. The third kappa shape index (κ3) is 12.3. The quantitative estimate of drug-likeness (QED) is 0.103. The van der Waals surface area contributed by atoms with E-state index in [1.165, 1.54) is 84.7 Å². The Morgan fingerprint density at radius 2 is 0.480 bits per heavy atom. The van der Waals surface area contributed by atoms with Crippen molar-refractivity contribution in [2.45, 2.75) is 77.0 Å². The number of rotatable bonds is 15. The van der Waals surface area contributed by atoms with Crippen LogP contribution >= 0.6 is 0 Å². The molecule has 0 N–H and O–H groups in total. The molecule has 3 nitrogen and oxygen atoms in total. The van der Waals surface area contributed by atoms with Crippen molar-refractivity contribution in [3.8, 4) is 145 Å². The van der Waals surface area contributed by atoms with Crippen LogP contribution in [-0.4, -0.2) is 15.0 Å². The van der Waals surface area contributed by atoms with E-state index in [-0.39, 0.29) is 0 Å². The highest BCUT2D eigenvalue weighted by Gasteiger charge is 2.41. The summed E-state index contributed by atoms with van der Waals surface area (Å²) >= 11 is 0. The topological polar surface area (TPSA) is 38.7 Å². The third-order valence-electron chi connectivity index (χ3n) is 24.1. The summed E-state index contributed by atoms with van der Waals surface area (Å²) < 4.78 is 0. The summed E-state index contributed by atoms with van der Waals surface area (Å²) in [5, 5.41) is 0. The molecule has 0 radical (unpaired) electrons. The van der Waals surface area contributed by atoms with E-state index >= 15 is 0 Å². The van der Waals surface area contributed by atoms with Gasteiger partial charge in [0.1, 0.15) is 0 Å². The van der Waals surface area contributed by atoms with E-state index in [0.717, 1.165) is 158 Å². The number of pyridine rings is 3. The second kappa shape index (κ2) is 27.4. The van der Waals surface area contributed by atoms with Crippen molar-refractivity contribution in [1.29, 1.82) is 0 Å². The van der Waals surface area contributed by atoms with E-state index in [0.29, 0.717) is 11.8 Å². The van der Waals surface area contributed by atoms with Crippen molar-refractivity contribution in [1.82, 2.24) is 15.0 Å². The van der Waals surface area contributed by atoms with Crippen molar-refractivity contribution < 1.29 is 0 Å². The Morgan fingerprint density at radius 1 is 0.206 bits per heavy atom. The molecule has 6 aliphatic rings. The standard InChI is InChI=1S/C99H83N3/c1-64-55-78-46-44-76(64)60-93(78)71-32-24-66(25-33-71)68-28-36-73(37-29-68)95-62-80(98-22-10-13-53-101-98)48-50-91(95)89-19-7-5-17-87(89)83-57-82(86-16-4-3-15-85(86)70-40-42-75(43-41-70)97-21-9-12-52-100-97)58-84(59-83)88-18-6-8-20-90(88)92-51-49-81(99-23-11-14-54-102-99)63-96(92)74-38-30-69(31-39-74)67-26-34-72(35-27-67)94-61-77-45-47-79(94)56-65(77)2/h3-43,48-54,57-59,62-65,76-79,93-94H,44-47,55-56,60-61H2,1-2H3. The van der Waals surface area contributed by atoms with Gasteiger partial charge < -0.3 is 0 Å². The molecule has 11 aromatic carbocycles. The van der Waals surface area contributed by atoms with Crippen LogP contribution in [0.5, 0.6) is 0 Å². The van der Waals surface area contributed by atoms with Gasteiger partial charge >= 0.3 is 0 Å². The first-order valence-corrected chi connectivity index (χ1v) is 37.3. The highest BCUT2D eigenvalue weighted by molar-refractivity contribution is 5.99. The molecule has 6 aliphatic carbocycles. The normalized spacial score (nSPS) is 19.7. The van der Waals surface area contributed by atoms with E-state index in [2.05, 4.69) is 299 Å². The van der Waals surface area contributed by atoms with Crippen LogP contribution in [0.2, 0.25) is 0 Å². The van der Waals surface area contributed by atoms with Crippen LogP contribution in [-0.2, 0) is 0 Å². The van der Waals surface area contributed by atoms with Crippen LogP contribution in [0, 0.1) is 35.5 Å². The molecule has 494 valence electrons. The largest absolute Gasteiger partial charge is 0.256 e. The number of hydrogen-bond donors (Lipinski definition) is 0. The second-order valence-corrected chi connectivity index (χ2v) is 29.9. The van der Waals surface area contributed by atoms with Crippen LogP contribution in [0.3, 0.4) is 0 Å². The number of aromatic nitrogens is 3. The lowest BCUT2D eigenvalue weighted by atomic mass is 9.59. The lowest BCUT2D eigenvalue weighted by Crippen LogP contribution is -2.35. The summed E-state index contributed by atoms with van der Waals surface area (Å²) in [5.41, 5.74) is 32.4. The fourth-order valence-corrected chi connectivity index (χ4v) is 18.6. The molecule has 6 fully saturated rings. The van der Waals surface area contributed by atoms with Gasteiger partial charge in [-0.1, -0.05) is 250 Å². The van der Waals surface area contributed by atoms with Gasteiger partial charge in [-0.3, -0.25) is 15.0 Å². The molecule has 8 atom stereocenters. The summed E-state index contributed by atoms with van der Waals surface area (Å²) in [7, 11) is 0. The van der Waals surface area contributed by atoms with Gasteiger partial charge in [0, 0.05) is 35.3 Å². The van der Waals surface area contributed by atoms with Gasteiger partial charge in [0.25, 0.3) is 0 Å². The molecule has 20 rings (SSSR count). The fourth-order valence-electron chi connectivity index (χ4n) is 18.6. The van der Waals surface area contributed by atoms with E-state index in [1.54, 1.807) is 0 Å². The van der Waals surface area contributed by atoms with Crippen LogP contribution < -0.4 is 0 Å². The first-order valence-electron chi connectivity index (χ1n) is 37.3. The van der Waals surface area contributed by atoms with Crippen molar-refractivity contribution in [3.63, 3.8) is 0 Å². The number of hydrogen-bond acceptors (Lipinski definition) is 3. The molecule has 0 saturated heterocycles. The minimum absolute atomic E-state index is 0.690. The van der Waals surface area contributed by atoms with Crippen molar-refractivity contribution >= 4 is 0 Å². The predicted molar refractivity (Wildman–Crippen MR) is 425 cm³/mol. The number of nitrogens with zero attached hydrogens (tertiary/aromatic N) is 3. The second-order valence-electron chi connectivity index (χ2n) is 29.9. The maximum Gasteiger partial charge on any atom is 0.0702 e. The Bertz CT molecular complexity index is 5040. The Balaban J connectivity index is 0.757. The summed E-state index contributed by atoms with van der Waals surface area (Å²) in [6.45, 7) is 4.97. The van der Waals surface area contributed by atoms with Gasteiger partial charge in [-0.05, 0) is 288 Å². The van der Waals surface area contributed by atoms with Gasteiger partial charge in [-0.2, -0.15) is 0 Å². The van der Waals surface area contributed by atoms with E-state index < -0.39 is 0 Å². The minimum atomic E-state index is 0.690. The Kier molecular flexibility index (Phi) is 17.0. The zero-order valence-electron chi connectivity index (χ0n) is 58.2. The van der Waals surface area contributed by atoms with Crippen LogP contribution in [0.1, 0.15) is 88.2 Å². The van der Waals surface area contributed by atoms with E-state index in [4.69, 9.17) is 15.0 Å². The number of fused-ring (bicyclic) bond motifs is 6. The minimum Gasteiger partial charge on any atom is -0.256 e. The number of benzene rings is 11. The third-order valence-corrected chi connectivity index (χ3v) is 24.1. The molecule has 3 heteroatoms. The highest BCUT2D eigenvalue weighted by Crippen LogP contribution is 2.55. The van der Waals surface area contributed by atoms with Crippen molar-refractivity contribution in [2.24, 2.45) is 35.5 Å². The molecular weight excluding hydrogens is 1230 g/mol. The SMILES string of the molecule is CC1CC2CCC1CC2c1ccc(-c2ccc(-c3cc(-c4ccccn4)ccc3-c3ccccc3-c3cc(-c4ccccc4-c4ccc(-c5ccccn5)cc4)cc(-c4ccccc4-c4ccc(-c5ccccn5)cc4-c4ccc(-c5ccc(C6CC7CCC6CC7C)cc5)cc4)c3)cc2)cc1. The van der Waals surface area contributed by atoms with Gasteiger partial charge in [-0.25, -0.2) is 0 Å². The molecule has 6 saturated carbocycles. The van der Waals surface area contributed by atoms with Gasteiger partial charge in [0.2, 0.25) is 0 Å². The fraction of sp³-hybridized carbons (Fsp3) is 0.182. The van der Waals surface area contributed by atoms with Gasteiger partial charge in [0.15, 0.2) is 0 Å². The van der Waals surface area contributed by atoms with Gasteiger partial charge in [-0.15, -0.1) is 0 Å². The molecule has 14 aromatic rings. The Labute approximate surface area is 601 Å². The molecule has 0 amide bonds. The molecule has 8 unspecified atom stereocenters. The Morgan fingerprint density at radius 3 is 0.824 bits per heavy atom. The predicted octanol–water partition coefficient (Wildman–Crippen LogP) is 26.6. The summed E-state index contributed by atoms with van der Waals surface area (Å²) in [5.74, 6) is 6.50. The van der Waals surface area contributed by atoms with E-state index in [9.17, 15) is 0 Å². The van der Waals surface area contributed by atoms with E-state index in [1.807, 2.05) is 36.8 Å². The average Bonchev–Trinajstić information content (AvgIpc) is 0.780. The molecule has 3 aromatic heterocycles. The molecule has 0 spiro atoms. The molecule has 4 bridgehead atoms. The van der Waals surface area contributed by atoms with Crippen molar-refractivity contribution in [2.75, 3.05) is 0 Å². The summed E-state index contributed by atoms with van der Waals surface area (Å²) in [6, 6.07) is 113. The summed E-state index contributed by atoms with van der Waals surface area (Å²) in [4.78, 5) is 14.5. The maximum atomic E-state index is 4.89. The lowest BCUT2D eigenvalue weighted by molar-refractivity contribution is 0.0864. The molecule has 3 heterocycles. The van der Waals surface area contributed by atoms with Crippen LogP contribution in [0.4, 0.5) is 0 Å². The zero-order chi connectivity index (χ0) is 68.0. The van der Waals surface area contributed by atoms with Gasteiger partial charge in [0.05, 0.1) is 17.1 Å². The monoisotopic (exact) mass is 1310 g/mol. The first kappa shape index (κ1) is 63.1. The zero-order valence-corrected chi connectivity index (χ0v) is 58.2. The smallest absolute Gasteiger partial charge is 0.0702 e. The van der Waals surface area contributed by atoms with Crippen molar-refractivity contribution in [3.05, 3.63) is 333 Å². The maximum absolute atomic E-state index is 4.89.